The summed E-state index contributed by atoms with van der Waals surface area (Å²) in [5.41, 5.74) is 3.38. The van der Waals surface area contributed by atoms with Gasteiger partial charge in [0.25, 0.3) is 0 Å². The van der Waals surface area contributed by atoms with Gasteiger partial charge in [-0.2, -0.15) is 0 Å². The molecule has 2 heterocycles. The van der Waals surface area contributed by atoms with Gasteiger partial charge in [0, 0.05) is 30.9 Å². The minimum absolute atomic E-state index is 0.285. The molecule has 0 aliphatic rings. The summed E-state index contributed by atoms with van der Waals surface area (Å²) in [6, 6.07) is 9.38. The number of carbonyl (C=O) groups is 1. The molecule has 158 valence electrons. The van der Waals surface area contributed by atoms with E-state index >= 15 is 0 Å². The van der Waals surface area contributed by atoms with Gasteiger partial charge in [-0.05, 0) is 50.7 Å². The number of rotatable bonds is 9. The molecule has 2 amide bonds. The van der Waals surface area contributed by atoms with Crippen molar-refractivity contribution in [1.29, 1.82) is 0 Å². The van der Waals surface area contributed by atoms with Crippen molar-refractivity contribution < 1.29 is 9.53 Å². The van der Waals surface area contributed by atoms with E-state index in [1.54, 1.807) is 12.4 Å². The van der Waals surface area contributed by atoms with Gasteiger partial charge in [-0.15, -0.1) is 0 Å². The number of urea groups is 1. The summed E-state index contributed by atoms with van der Waals surface area (Å²) in [6.07, 6.45) is 5.16. The zero-order valence-electron chi connectivity index (χ0n) is 17.7. The molecule has 8 heteroatoms. The molecule has 0 atom stereocenters. The van der Waals surface area contributed by atoms with Gasteiger partial charge in [0.2, 0.25) is 5.88 Å². The molecule has 3 aromatic rings. The maximum atomic E-state index is 11.8. The molecule has 0 radical (unpaired) electrons. The van der Waals surface area contributed by atoms with Gasteiger partial charge in [-0.1, -0.05) is 13.0 Å². The average molecular weight is 409 g/mol. The van der Waals surface area contributed by atoms with Crippen molar-refractivity contribution in [2.24, 2.45) is 0 Å². The first-order valence-electron chi connectivity index (χ1n) is 10.1. The van der Waals surface area contributed by atoms with Crippen molar-refractivity contribution in [2.75, 3.05) is 39.1 Å². The minimum atomic E-state index is -0.285. The van der Waals surface area contributed by atoms with E-state index in [1.165, 1.54) is 0 Å². The van der Waals surface area contributed by atoms with Crippen LogP contribution in [0.5, 0.6) is 5.88 Å². The van der Waals surface area contributed by atoms with Gasteiger partial charge in [0.15, 0.2) is 5.82 Å². The highest BCUT2D eigenvalue weighted by molar-refractivity contribution is 5.89. The lowest BCUT2D eigenvalue weighted by atomic mass is 10.1. The Morgan fingerprint density at radius 1 is 1.07 bits per heavy atom. The molecule has 3 rings (SSSR count). The van der Waals surface area contributed by atoms with Crippen LogP contribution in [0, 0.1) is 0 Å². The first-order valence-corrected chi connectivity index (χ1v) is 10.1. The van der Waals surface area contributed by atoms with Crippen molar-refractivity contribution in [3.63, 3.8) is 0 Å². The fourth-order valence-electron chi connectivity index (χ4n) is 2.84. The Kier molecular flexibility index (Phi) is 7.51. The fraction of sp³-hybridized carbons (Fsp3) is 0.364. The zero-order chi connectivity index (χ0) is 21.3. The number of hydrogen-bond donors (Lipinski definition) is 2. The predicted octanol–water partition coefficient (Wildman–Crippen LogP) is 3.55. The predicted molar refractivity (Wildman–Crippen MR) is 119 cm³/mol. The maximum Gasteiger partial charge on any atom is 0.320 e. The maximum absolute atomic E-state index is 11.8. The Hall–Kier alpha value is -3.26. The zero-order valence-corrected chi connectivity index (χ0v) is 17.7. The van der Waals surface area contributed by atoms with Crippen LogP contribution in [-0.2, 0) is 0 Å². The number of amides is 2. The third kappa shape index (κ3) is 6.12. The molecule has 8 nitrogen and oxygen atoms in total. The van der Waals surface area contributed by atoms with E-state index in [9.17, 15) is 4.79 Å². The lowest BCUT2D eigenvalue weighted by molar-refractivity contribution is 0.252. The molecule has 0 saturated carbocycles. The van der Waals surface area contributed by atoms with Crippen LogP contribution in [-0.4, -0.2) is 59.7 Å². The molecular formula is C22H28N6O2. The van der Waals surface area contributed by atoms with E-state index in [-0.39, 0.29) is 6.03 Å². The van der Waals surface area contributed by atoms with Crippen LogP contribution in [0.2, 0.25) is 0 Å². The van der Waals surface area contributed by atoms with Gasteiger partial charge in [-0.3, -0.25) is 10.3 Å². The summed E-state index contributed by atoms with van der Waals surface area (Å²) in [4.78, 5) is 27.2. The van der Waals surface area contributed by atoms with E-state index in [0.717, 1.165) is 36.0 Å². The first-order chi connectivity index (χ1) is 14.5. The number of anilines is 1. The third-order valence-corrected chi connectivity index (χ3v) is 4.39. The molecule has 1 aromatic carbocycles. The molecule has 0 fully saturated rings. The van der Waals surface area contributed by atoms with E-state index in [4.69, 9.17) is 4.74 Å². The van der Waals surface area contributed by atoms with E-state index in [0.29, 0.717) is 30.4 Å². The second kappa shape index (κ2) is 10.5. The van der Waals surface area contributed by atoms with Crippen LogP contribution < -0.4 is 15.4 Å². The summed E-state index contributed by atoms with van der Waals surface area (Å²) in [5.74, 6) is 1.02. The summed E-state index contributed by atoms with van der Waals surface area (Å²) < 4.78 is 5.69. The van der Waals surface area contributed by atoms with Gasteiger partial charge in [0.05, 0.1) is 23.8 Å². The number of aromatic nitrogens is 3. The Morgan fingerprint density at radius 3 is 2.63 bits per heavy atom. The van der Waals surface area contributed by atoms with Gasteiger partial charge < -0.3 is 15.0 Å². The molecule has 0 spiro atoms. The summed E-state index contributed by atoms with van der Waals surface area (Å²) in [7, 11) is 4.09. The molecule has 30 heavy (non-hydrogen) atoms. The van der Waals surface area contributed by atoms with Crippen LogP contribution in [0.4, 0.5) is 10.6 Å². The quantitative estimate of drug-likeness (QED) is 0.526. The standard InChI is InChI=1S/C22H28N6O2/c1-4-10-23-22(29)27-20-15-24-18-8-6-16(13-19(18)26-20)17-7-9-21(25-14-17)30-12-5-11-28(2)3/h6-9,13-15H,4-5,10-12H2,1-3H3,(H2,23,26,27,29). The van der Waals surface area contributed by atoms with Crippen LogP contribution in [0.25, 0.3) is 22.2 Å². The topological polar surface area (TPSA) is 92.3 Å². The summed E-state index contributed by atoms with van der Waals surface area (Å²) >= 11 is 0. The first kappa shape index (κ1) is 21.4. The normalized spacial score (nSPS) is 10.9. The largest absolute Gasteiger partial charge is 0.478 e. The molecule has 2 N–H and O–H groups in total. The SMILES string of the molecule is CCCNC(=O)Nc1cnc2ccc(-c3ccc(OCCCN(C)C)nc3)cc2n1. The van der Waals surface area contributed by atoms with Crippen molar-refractivity contribution >= 4 is 22.9 Å². The molecule has 2 aromatic heterocycles. The number of fused-ring (bicyclic) bond motifs is 1. The molecular weight excluding hydrogens is 380 g/mol. The second-order valence-electron chi connectivity index (χ2n) is 7.23. The molecule has 0 bridgehead atoms. The lowest BCUT2D eigenvalue weighted by Crippen LogP contribution is -2.29. The minimum Gasteiger partial charge on any atom is -0.478 e. The van der Waals surface area contributed by atoms with Crippen molar-refractivity contribution in [3.05, 3.63) is 42.7 Å². The fourth-order valence-corrected chi connectivity index (χ4v) is 2.84. The third-order valence-electron chi connectivity index (χ3n) is 4.39. The van der Waals surface area contributed by atoms with Crippen molar-refractivity contribution in [3.8, 4) is 17.0 Å². The Balaban J connectivity index is 1.68. The van der Waals surface area contributed by atoms with Crippen molar-refractivity contribution in [2.45, 2.75) is 19.8 Å². The van der Waals surface area contributed by atoms with E-state index in [1.807, 2.05) is 51.4 Å². The molecule has 0 aliphatic heterocycles. The van der Waals surface area contributed by atoms with Gasteiger partial charge in [-0.25, -0.2) is 14.8 Å². The summed E-state index contributed by atoms with van der Waals surface area (Å²) in [6.45, 7) is 4.22. The number of nitrogens with zero attached hydrogens (tertiary/aromatic N) is 4. The number of pyridine rings is 1. The highest BCUT2D eigenvalue weighted by Gasteiger charge is 2.07. The van der Waals surface area contributed by atoms with Crippen LogP contribution in [0.15, 0.2) is 42.7 Å². The second-order valence-corrected chi connectivity index (χ2v) is 7.23. The number of carbonyl (C=O) groups excluding carboxylic acids is 1. The lowest BCUT2D eigenvalue weighted by Gasteiger charge is -2.10. The van der Waals surface area contributed by atoms with E-state index in [2.05, 4.69) is 30.5 Å². The molecule has 0 saturated heterocycles. The Bertz CT molecular complexity index is 975. The van der Waals surface area contributed by atoms with Crippen LogP contribution >= 0.6 is 0 Å². The number of benzene rings is 1. The smallest absolute Gasteiger partial charge is 0.320 e. The number of ether oxygens (including phenoxy) is 1. The van der Waals surface area contributed by atoms with Gasteiger partial charge >= 0.3 is 6.03 Å². The van der Waals surface area contributed by atoms with Crippen molar-refractivity contribution in [1.82, 2.24) is 25.2 Å². The highest BCUT2D eigenvalue weighted by Crippen LogP contribution is 2.24. The summed E-state index contributed by atoms with van der Waals surface area (Å²) in [5, 5.41) is 5.47. The number of hydrogen-bond acceptors (Lipinski definition) is 6. The molecule has 0 unspecified atom stereocenters. The van der Waals surface area contributed by atoms with E-state index < -0.39 is 0 Å². The highest BCUT2D eigenvalue weighted by atomic mass is 16.5. The van der Waals surface area contributed by atoms with Crippen LogP contribution in [0.1, 0.15) is 19.8 Å². The molecule has 0 aliphatic carbocycles. The van der Waals surface area contributed by atoms with Crippen LogP contribution in [0.3, 0.4) is 0 Å². The monoisotopic (exact) mass is 408 g/mol. The average Bonchev–Trinajstić information content (AvgIpc) is 2.75. The number of nitrogens with one attached hydrogen (secondary N) is 2. The Labute approximate surface area is 176 Å². The Morgan fingerprint density at radius 2 is 1.90 bits per heavy atom. The van der Waals surface area contributed by atoms with Gasteiger partial charge in [0.1, 0.15) is 0 Å².